The SMILES string of the molecule is CCN(Cc1ccc(CCN2CCC(OCCOCCOc3ccc(C4=NC(C)C5NN=C(C)N5c5sc(C)c(C)c54)cc3)C2)cc1)c1cccc(OC)c1. The summed E-state index contributed by atoms with van der Waals surface area (Å²) >= 11 is 1.81. The first-order chi connectivity index (χ1) is 26.8. The van der Waals surface area contributed by atoms with E-state index in [4.69, 9.17) is 23.9 Å². The lowest BCUT2D eigenvalue weighted by Gasteiger charge is -2.26. The minimum absolute atomic E-state index is 0.0184. The maximum atomic E-state index is 6.17. The number of fused-ring (bicyclic) bond motifs is 3. The van der Waals surface area contributed by atoms with Gasteiger partial charge in [-0.05, 0) is 101 Å². The Morgan fingerprint density at radius 3 is 2.49 bits per heavy atom. The van der Waals surface area contributed by atoms with E-state index < -0.39 is 0 Å². The molecule has 10 nitrogen and oxygen atoms in total. The molecule has 7 rings (SSSR count). The van der Waals surface area contributed by atoms with Crippen LogP contribution in [-0.2, 0) is 22.4 Å². The Bertz CT molecular complexity index is 1940. The molecule has 3 aromatic carbocycles. The van der Waals surface area contributed by atoms with E-state index in [0.29, 0.717) is 26.4 Å². The van der Waals surface area contributed by atoms with Crippen LogP contribution >= 0.6 is 11.3 Å². The van der Waals surface area contributed by atoms with E-state index in [2.05, 4.69) is 108 Å². The van der Waals surface area contributed by atoms with Crippen molar-refractivity contribution in [3.63, 3.8) is 0 Å². The number of aliphatic imine (C=N–C) groups is 1. The molecule has 0 amide bonds. The summed E-state index contributed by atoms with van der Waals surface area (Å²) in [7, 11) is 1.71. The fourth-order valence-electron chi connectivity index (χ4n) is 7.64. The largest absolute Gasteiger partial charge is 0.497 e. The predicted octanol–water partition coefficient (Wildman–Crippen LogP) is 7.44. The second-order valence-electron chi connectivity index (χ2n) is 14.6. The molecule has 1 saturated heterocycles. The van der Waals surface area contributed by atoms with Gasteiger partial charge in [-0.25, -0.2) is 0 Å². The summed E-state index contributed by atoms with van der Waals surface area (Å²) in [6.07, 6.45) is 2.39. The Labute approximate surface area is 330 Å². The Morgan fingerprint density at radius 1 is 0.927 bits per heavy atom. The van der Waals surface area contributed by atoms with Gasteiger partial charge in [0.2, 0.25) is 0 Å². The Kier molecular flexibility index (Phi) is 12.7. The van der Waals surface area contributed by atoms with Gasteiger partial charge in [0, 0.05) is 60.5 Å². The zero-order valence-corrected chi connectivity index (χ0v) is 34.0. The third-order valence-electron chi connectivity index (χ3n) is 10.9. The zero-order valence-electron chi connectivity index (χ0n) is 33.2. The predicted molar refractivity (Wildman–Crippen MR) is 225 cm³/mol. The van der Waals surface area contributed by atoms with Crippen molar-refractivity contribution < 1.29 is 18.9 Å². The molecule has 0 saturated carbocycles. The number of amidine groups is 1. The molecular formula is C44H56N6O4S. The average Bonchev–Trinajstić information content (AvgIpc) is 3.89. The molecule has 3 aliphatic rings. The Balaban J connectivity index is 0.786. The van der Waals surface area contributed by atoms with Crippen LogP contribution in [0.25, 0.3) is 0 Å². The summed E-state index contributed by atoms with van der Waals surface area (Å²) < 4.78 is 23.5. The number of benzene rings is 3. The molecule has 4 heterocycles. The number of methoxy groups -OCH3 is 1. The van der Waals surface area contributed by atoms with Gasteiger partial charge in [0.15, 0.2) is 0 Å². The molecule has 0 spiro atoms. The summed E-state index contributed by atoms with van der Waals surface area (Å²) in [5.41, 5.74) is 11.8. The second-order valence-corrected chi connectivity index (χ2v) is 15.8. The van der Waals surface area contributed by atoms with Gasteiger partial charge in [0.25, 0.3) is 0 Å². The number of nitrogens with one attached hydrogen (secondary N) is 1. The molecule has 3 unspecified atom stereocenters. The van der Waals surface area contributed by atoms with Gasteiger partial charge in [0.05, 0.1) is 44.8 Å². The van der Waals surface area contributed by atoms with Gasteiger partial charge >= 0.3 is 0 Å². The average molecular weight is 765 g/mol. The summed E-state index contributed by atoms with van der Waals surface area (Å²) in [5.74, 6) is 2.69. The summed E-state index contributed by atoms with van der Waals surface area (Å²) in [6, 6.07) is 25.7. The van der Waals surface area contributed by atoms with E-state index in [1.807, 2.05) is 35.6 Å². The number of hydrogen-bond donors (Lipinski definition) is 1. The van der Waals surface area contributed by atoms with E-state index in [1.54, 1.807) is 7.11 Å². The van der Waals surface area contributed by atoms with Crippen LogP contribution in [0.15, 0.2) is 82.9 Å². The summed E-state index contributed by atoms with van der Waals surface area (Å²) in [6.45, 7) is 17.9. The molecule has 0 bridgehead atoms. The number of ether oxygens (including phenoxy) is 4. The molecule has 1 N–H and O–H groups in total. The molecule has 1 fully saturated rings. The van der Waals surface area contributed by atoms with Crippen LogP contribution in [0, 0.1) is 13.8 Å². The summed E-state index contributed by atoms with van der Waals surface area (Å²) in [5, 5.41) is 5.72. The van der Waals surface area contributed by atoms with Crippen LogP contribution in [0.1, 0.15) is 59.9 Å². The molecule has 0 radical (unpaired) electrons. The summed E-state index contributed by atoms with van der Waals surface area (Å²) in [4.78, 5) is 13.7. The van der Waals surface area contributed by atoms with Gasteiger partial charge < -0.3 is 28.7 Å². The first kappa shape index (κ1) is 38.8. The van der Waals surface area contributed by atoms with Crippen molar-refractivity contribution in [1.29, 1.82) is 0 Å². The molecule has 292 valence electrons. The van der Waals surface area contributed by atoms with Gasteiger partial charge in [-0.3, -0.25) is 15.3 Å². The van der Waals surface area contributed by atoms with Crippen LogP contribution in [-0.4, -0.2) is 94.5 Å². The Hall–Kier alpha value is -4.42. The minimum atomic E-state index is 0.0184. The number of hydrogen-bond acceptors (Lipinski definition) is 11. The lowest BCUT2D eigenvalue weighted by molar-refractivity contribution is 0.00324. The minimum Gasteiger partial charge on any atom is -0.497 e. The number of hydrazone groups is 1. The fraction of sp³-hybridized carbons (Fsp3) is 0.455. The molecular weight excluding hydrogens is 709 g/mol. The highest BCUT2D eigenvalue weighted by Gasteiger charge is 2.38. The monoisotopic (exact) mass is 764 g/mol. The van der Waals surface area contributed by atoms with Gasteiger partial charge in [-0.15, -0.1) is 11.3 Å². The molecule has 1 aromatic heterocycles. The first-order valence-corrected chi connectivity index (χ1v) is 20.5. The number of likely N-dealkylation sites (tertiary alicyclic amines) is 1. The van der Waals surface area contributed by atoms with E-state index in [9.17, 15) is 0 Å². The van der Waals surface area contributed by atoms with Crippen LogP contribution in [0.5, 0.6) is 11.5 Å². The van der Waals surface area contributed by atoms with E-state index >= 15 is 0 Å². The third kappa shape index (κ3) is 9.18. The van der Waals surface area contributed by atoms with Crippen LogP contribution in [0.4, 0.5) is 10.7 Å². The molecule has 4 aromatic rings. The van der Waals surface area contributed by atoms with E-state index in [1.165, 1.54) is 37.8 Å². The highest BCUT2D eigenvalue weighted by Crippen LogP contribution is 2.41. The second kappa shape index (κ2) is 18.0. The maximum Gasteiger partial charge on any atom is 0.144 e. The van der Waals surface area contributed by atoms with Crippen molar-refractivity contribution in [1.82, 2.24) is 10.3 Å². The zero-order chi connectivity index (χ0) is 38.3. The quantitative estimate of drug-likeness (QED) is 0.111. The maximum absolute atomic E-state index is 6.17. The number of thiophene rings is 1. The number of nitrogens with zero attached hydrogens (tertiary/aromatic N) is 5. The van der Waals surface area contributed by atoms with E-state index in [-0.39, 0.29) is 18.3 Å². The number of rotatable bonds is 17. The third-order valence-corrected chi connectivity index (χ3v) is 12.2. The standard InChI is InChI=1S/C44H56N6O4S/c1-7-49(37-9-8-10-39(27-37)51-6)28-35-13-11-34(12-14-35)19-21-48-22-20-40(29-48)54-26-24-52-23-25-53-38-17-15-36(16-18-38)42-41-30(2)32(4)55-44(41)50-33(5)46-47-43(50)31(3)45-42/h8-18,27,31,40,43,47H,7,19-26,28-29H2,1-6H3. The fourth-order valence-corrected chi connectivity index (χ4v) is 8.88. The number of anilines is 2. The van der Waals surface area contributed by atoms with Crippen molar-refractivity contribution in [3.05, 3.63) is 105 Å². The highest BCUT2D eigenvalue weighted by molar-refractivity contribution is 7.17. The van der Waals surface area contributed by atoms with Gasteiger partial charge in [-0.2, -0.15) is 5.10 Å². The Morgan fingerprint density at radius 2 is 1.71 bits per heavy atom. The van der Waals surface area contributed by atoms with E-state index in [0.717, 1.165) is 74.2 Å². The normalized spacial score (nSPS) is 19.3. The molecule has 3 atom stereocenters. The van der Waals surface area contributed by atoms with Crippen LogP contribution < -0.4 is 24.7 Å². The smallest absolute Gasteiger partial charge is 0.144 e. The van der Waals surface area contributed by atoms with Crippen LogP contribution in [0.2, 0.25) is 0 Å². The highest BCUT2D eigenvalue weighted by atomic mass is 32.1. The topological polar surface area (TPSA) is 83.4 Å². The first-order valence-electron chi connectivity index (χ1n) is 19.7. The lowest BCUT2D eigenvalue weighted by Crippen LogP contribution is -2.45. The van der Waals surface area contributed by atoms with Crippen molar-refractivity contribution in [2.75, 3.05) is 69.5 Å². The van der Waals surface area contributed by atoms with Crippen molar-refractivity contribution in [3.8, 4) is 11.5 Å². The molecule has 0 aliphatic carbocycles. The van der Waals surface area contributed by atoms with Crippen molar-refractivity contribution in [2.24, 2.45) is 10.1 Å². The van der Waals surface area contributed by atoms with Crippen molar-refractivity contribution in [2.45, 2.75) is 72.3 Å². The molecule has 11 heteroatoms. The van der Waals surface area contributed by atoms with Gasteiger partial charge in [-0.1, -0.05) is 30.3 Å². The lowest BCUT2D eigenvalue weighted by atomic mass is 9.99. The number of aryl methyl sites for hydroxylation is 1. The van der Waals surface area contributed by atoms with Crippen LogP contribution in [0.3, 0.4) is 0 Å². The molecule has 3 aliphatic heterocycles. The molecule has 55 heavy (non-hydrogen) atoms. The van der Waals surface area contributed by atoms with Crippen molar-refractivity contribution >= 4 is 33.6 Å². The van der Waals surface area contributed by atoms with Gasteiger partial charge in [0.1, 0.15) is 35.1 Å².